The molecule has 0 saturated heterocycles. The summed E-state index contributed by atoms with van der Waals surface area (Å²) in [6, 6.07) is 8.67. The van der Waals surface area contributed by atoms with Gasteiger partial charge >= 0.3 is 0 Å². The molecule has 2 aliphatic rings. The molecule has 0 atom stereocenters. The summed E-state index contributed by atoms with van der Waals surface area (Å²) in [6.07, 6.45) is 5.11. The third kappa shape index (κ3) is 2.23. The van der Waals surface area contributed by atoms with E-state index in [0.717, 1.165) is 34.9 Å². The van der Waals surface area contributed by atoms with E-state index in [9.17, 15) is 4.79 Å². The fourth-order valence-corrected chi connectivity index (χ4v) is 4.78. The van der Waals surface area contributed by atoms with Crippen molar-refractivity contribution in [1.82, 2.24) is 15.0 Å². The Kier molecular flexibility index (Phi) is 3.31. The molecule has 2 aromatic heterocycles. The van der Waals surface area contributed by atoms with Crippen LogP contribution in [0, 0.1) is 0 Å². The molecule has 1 amide bonds. The number of anilines is 2. The number of aromatic nitrogens is 3. The van der Waals surface area contributed by atoms with Gasteiger partial charge in [-0.15, -0.1) is 0 Å². The van der Waals surface area contributed by atoms with Crippen LogP contribution < -0.4 is 10.2 Å². The Bertz CT molecular complexity index is 975. The molecule has 0 radical (unpaired) electrons. The Labute approximate surface area is 155 Å². The molecular formula is C19H19N5OS. The highest BCUT2D eigenvalue weighted by Gasteiger charge is 2.50. The van der Waals surface area contributed by atoms with E-state index >= 15 is 0 Å². The third-order valence-electron chi connectivity index (χ3n) is 5.45. The van der Waals surface area contributed by atoms with Gasteiger partial charge in [0.25, 0.3) is 0 Å². The molecule has 0 bridgehead atoms. The zero-order valence-electron chi connectivity index (χ0n) is 14.6. The minimum Gasteiger partial charge on any atom is -0.359 e. The summed E-state index contributed by atoms with van der Waals surface area (Å²) in [5.74, 6) is 0.898. The number of fused-ring (bicyclic) bond motifs is 2. The van der Waals surface area contributed by atoms with Crippen molar-refractivity contribution >= 4 is 38.4 Å². The van der Waals surface area contributed by atoms with E-state index in [0.29, 0.717) is 6.04 Å². The quantitative estimate of drug-likeness (QED) is 0.771. The van der Waals surface area contributed by atoms with Crippen molar-refractivity contribution in [1.29, 1.82) is 0 Å². The summed E-state index contributed by atoms with van der Waals surface area (Å²) in [4.78, 5) is 27.9. The number of rotatable bonds is 3. The number of benzene rings is 1. The lowest BCUT2D eigenvalue weighted by atomic mass is 9.84. The van der Waals surface area contributed by atoms with Crippen LogP contribution in [0.1, 0.15) is 32.3 Å². The van der Waals surface area contributed by atoms with Crippen LogP contribution in [0.25, 0.3) is 10.2 Å². The summed E-state index contributed by atoms with van der Waals surface area (Å²) in [5.41, 5.74) is 1.40. The van der Waals surface area contributed by atoms with Crippen molar-refractivity contribution in [3.63, 3.8) is 0 Å². The van der Waals surface area contributed by atoms with Crippen LogP contribution in [0.4, 0.5) is 10.9 Å². The van der Waals surface area contributed by atoms with E-state index in [-0.39, 0.29) is 11.9 Å². The topological polar surface area (TPSA) is 71.0 Å². The van der Waals surface area contributed by atoms with Crippen molar-refractivity contribution in [2.45, 2.75) is 44.2 Å². The van der Waals surface area contributed by atoms with Crippen molar-refractivity contribution < 1.29 is 4.79 Å². The van der Waals surface area contributed by atoms with Crippen LogP contribution in [-0.4, -0.2) is 32.9 Å². The number of carbonyl (C=O) groups excluding carboxylic acids is 1. The van der Waals surface area contributed by atoms with Crippen LogP contribution in [0.5, 0.6) is 0 Å². The molecule has 1 aliphatic heterocycles. The standard InChI is InChI=1S/C19H19N5OS/c1-19(2)13-9-20-10-21-16(13)24(17(19)25)12-7-11(8-12)22-18-23-14-5-3-4-6-15(14)26-18/h3-6,9-12H,7-8H2,1-2H3,(H,22,23). The van der Waals surface area contributed by atoms with E-state index in [2.05, 4.69) is 26.3 Å². The highest BCUT2D eigenvalue weighted by Crippen LogP contribution is 2.44. The normalized spacial score (nSPS) is 23.8. The predicted molar refractivity (Wildman–Crippen MR) is 103 cm³/mol. The summed E-state index contributed by atoms with van der Waals surface area (Å²) < 4.78 is 1.19. The molecule has 26 heavy (non-hydrogen) atoms. The van der Waals surface area contributed by atoms with Crippen LogP contribution in [0.3, 0.4) is 0 Å². The number of para-hydroxylation sites is 1. The first kappa shape index (κ1) is 15.7. The van der Waals surface area contributed by atoms with Gasteiger partial charge in [0.1, 0.15) is 12.1 Å². The first-order valence-corrected chi connectivity index (χ1v) is 9.62. The monoisotopic (exact) mass is 365 g/mol. The van der Waals surface area contributed by atoms with Crippen LogP contribution in [-0.2, 0) is 10.2 Å². The molecule has 1 fully saturated rings. The molecular weight excluding hydrogens is 346 g/mol. The van der Waals surface area contributed by atoms with E-state index in [1.807, 2.05) is 36.9 Å². The van der Waals surface area contributed by atoms with Crippen molar-refractivity contribution in [3.05, 3.63) is 42.4 Å². The van der Waals surface area contributed by atoms with E-state index in [1.54, 1.807) is 17.5 Å². The number of hydrogen-bond acceptors (Lipinski definition) is 6. The molecule has 132 valence electrons. The second kappa shape index (κ2) is 5.48. The third-order valence-corrected chi connectivity index (χ3v) is 6.41. The first-order valence-electron chi connectivity index (χ1n) is 8.80. The van der Waals surface area contributed by atoms with Gasteiger partial charge < -0.3 is 5.32 Å². The minimum absolute atomic E-state index is 0.122. The fourth-order valence-electron chi connectivity index (χ4n) is 3.83. The Morgan fingerprint density at radius 3 is 2.88 bits per heavy atom. The van der Waals surface area contributed by atoms with Gasteiger partial charge in [-0.2, -0.15) is 0 Å². The summed E-state index contributed by atoms with van der Waals surface area (Å²) in [5, 5.41) is 4.47. The number of carbonyl (C=O) groups is 1. The van der Waals surface area contributed by atoms with Gasteiger partial charge in [0.2, 0.25) is 5.91 Å². The van der Waals surface area contributed by atoms with E-state index in [4.69, 9.17) is 0 Å². The van der Waals surface area contributed by atoms with E-state index < -0.39 is 5.41 Å². The molecule has 1 saturated carbocycles. The Balaban J connectivity index is 1.32. The Hall–Kier alpha value is -2.54. The number of nitrogens with one attached hydrogen (secondary N) is 1. The number of hydrogen-bond donors (Lipinski definition) is 1. The lowest BCUT2D eigenvalue weighted by Gasteiger charge is -2.41. The molecule has 6 nitrogen and oxygen atoms in total. The largest absolute Gasteiger partial charge is 0.359 e. The highest BCUT2D eigenvalue weighted by molar-refractivity contribution is 7.22. The van der Waals surface area contributed by atoms with Gasteiger partial charge in [0.15, 0.2) is 5.13 Å². The molecule has 3 aromatic rings. The van der Waals surface area contributed by atoms with Crippen LogP contribution in [0.15, 0.2) is 36.8 Å². The zero-order valence-corrected chi connectivity index (χ0v) is 15.5. The zero-order chi connectivity index (χ0) is 17.9. The second-order valence-corrected chi connectivity index (χ2v) is 8.54. The van der Waals surface area contributed by atoms with Crippen LogP contribution >= 0.6 is 11.3 Å². The van der Waals surface area contributed by atoms with Crippen molar-refractivity contribution in [2.24, 2.45) is 0 Å². The lowest BCUT2D eigenvalue weighted by Crippen LogP contribution is -2.53. The van der Waals surface area contributed by atoms with Gasteiger partial charge in [-0.1, -0.05) is 23.5 Å². The molecule has 0 unspecified atom stereocenters. The molecule has 3 heterocycles. The molecule has 7 heteroatoms. The molecule has 5 rings (SSSR count). The maximum Gasteiger partial charge on any atom is 0.238 e. The molecule has 1 N–H and O–H groups in total. The minimum atomic E-state index is -0.553. The average molecular weight is 365 g/mol. The molecule has 1 aromatic carbocycles. The predicted octanol–water partition coefficient (Wildman–Crippen LogP) is 3.35. The van der Waals surface area contributed by atoms with Gasteiger partial charge in [0.05, 0.1) is 15.6 Å². The lowest BCUT2D eigenvalue weighted by molar-refractivity contribution is -0.122. The number of amides is 1. The smallest absolute Gasteiger partial charge is 0.238 e. The maximum absolute atomic E-state index is 12.9. The average Bonchev–Trinajstić information content (AvgIpc) is 3.09. The Morgan fingerprint density at radius 1 is 1.27 bits per heavy atom. The second-order valence-electron chi connectivity index (χ2n) is 7.51. The fraction of sp³-hybridized carbons (Fsp3) is 0.368. The van der Waals surface area contributed by atoms with Gasteiger partial charge in [-0.3, -0.25) is 9.69 Å². The van der Waals surface area contributed by atoms with Gasteiger partial charge in [0, 0.05) is 23.8 Å². The summed E-state index contributed by atoms with van der Waals surface area (Å²) in [7, 11) is 0. The van der Waals surface area contributed by atoms with Crippen LogP contribution in [0.2, 0.25) is 0 Å². The highest BCUT2D eigenvalue weighted by atomic mass is 32.1. The number of thiazole rings is 1. The summed E-state index contributed by atoms with van der Waals surface area (Å²) >= 11 is 1.67. The molecule has 1 aliphatic carbocycles. The summed E-state index contributed by atoms with van der Waals surface area (Å²) in [6.45, 7) is 3.90. The van der Waals surface area contributed by atoms with Gasteiger partial charge in [-0.05, 0) is 38.8 Å². The Morgan fingerprint density at radius 2 is 2.08 bits per heavy atom. The SMILES string of the molecule is CC1(C)C(=O)N(C2CC(Nc3nc4ccccc4s3)C2)c2ncncc21. The first-order chi connectivity index (χ1) is 12.5. The maximum atomic E-state index is 12.9. The van der Waals surface area contributed by atoms with Crippen molar-refractivity contribution in [2.75, 3.05) is 10.2 Å². The van der Waals surface area contributed by atoms with E-state index in [1.165, 1.54) is 11.0 Å². The van der Waals surface area contributed by atoms with Crippen molar-refractivity contribution in [3.8, 4) is 0 Å². The number of nitrogens with zero attached hydrogens (tertiary/aromatic N) is 4. The van der Waals surface area contributed by atoms with Gasteiger partial charge in [-0.25, -0.2) is 15.0 Å². The molecule has 0 spiro atoms.